The molecule has 0 radical (unpaired) electrons. The van der Waals surface area contributed by atoms with Crippen molar-refractivity contribution < 1.29 is 4.79 Å². The Hall–Kier alpha value is -1.30. The van der Waals surface area contributed by atoms with Crippen LogP contribution in [0.3, 0.4) is 0 Å². The summed E-state index contributed by atoms with van der Waals surface area (Å²) < 4.78 is 0. The average Bonchev–Trinajstić information content (AvgIpc) is 3.25. The molecule has 2 heterocycles. The number of halogens is 2. The van der Waals surface area contributed by atoms with E-state index in [0.717, 1.165) is 59.9 Å². The number of urea groups is 1. The molecule has 1 saturated heterocycles. The molecule has 0 spiro atoms. The second-order valence-electron chi connectivity index (χ2n) is 10.6. The largest absolute Gasteiger partial charge is 0.333 e. The van der Waals surface area contributed by atoms with Crippen molar-refractivity contribution in [2.75, 3.05) is 13.1 Å². The number of amides is 2. The fourth-order valence-corrected chi connectivity index (χ4v) is 8.46. The normalized spacial score (nSPS) is 31.8. The topological polar surface area (TPSA) is 45.2 Å². The number of hydrogen-bond acceptors (Lipinski definition) is 3. The fourth-order valence-electron chi connectivity index (χ4n) is 7.16. The van der Waals surface area contributed by atoms with Gasteiger partial charge in [-0.15, -0.1) is 11.3 Å². The monoisotopic (exact) mass is 489 g/mol. The highest BCUT2D eigenvalue weighted by Crippen LogP contribution is 2.55. The van der Waals surface area contributed by atoms with Gasteiger partial charge in [-0.3, -0.25) is 0 Å². The van der Waals surface area contributed by atoms with E-state index in [-0.39, 0.29) is 11.6 Å². The molecular formula is C25H29Cl2N3OS. The lowest BCUT2D eigenvalue weighted by Gasteiger charge is -2.57. The van der Waals surface area contributed by atoms with Crippen molar-refractivity contribution in [3.63, 3.8) is 0 Å². The molecule has 4 bridgehead atoms. The number of nitrogens with one attached hydrogen (secondary N) is 1. The number of nitrogens with zero attached hydrogens (tertiary/aromatic N) is 2. The molecule has 5 aliphatic rings. The Balaban J connectivity index is 1.07. The zero-order chi connectivity index (χ0) is 21.9. The highest BCUT2D eigenvalue weighted by atomic mass is 35.5. The summed E-state index contributed by atoms with van der Waals surface area (Å²) in [6.07, 6.45) is 9.77. The van der Waals surface area contributed by atoms with Crippen LogP contribution in [0.25, 0.3) is 11.3 Å². The van der Waals surface area contributed by atoms with Gasteiger partial charge in [-0.1, -0.05) is 29.3 Å². The number of likely N-dealkylation sites (tertiary alicyclic amines) is 1. The van der Waals surface area contributed by atoms with Gasteiger partial charge < -0.3 is 10.2 Å². The molecule has 7 heteroatoms. The Bertz CT molecular complexity index is 995. The van der Waals surface area contributed by atoms with E-state index >= 15 is 0 Å². The first-order valence-corrected chi connectivity index (χ1v) is 13.6. The minimum Gasteiger partial charge on any atom is -0.333 e. The molecule has 32 heavy (non-hydrogen) atoms. The maximum Gasteiger partial charge on any atom is 0.317 e. The van der Waals surface area contributed by atoms with Crippen molar-refractivity contribution in [3.8, 4) is 11.3 Å². The predicted molar refractivity (Wildman–Crippen MR) is 131 cm³/mol. The van der Waals surface area contributed by atoms with Crippen molar-refractivity contribution >= 4 is 40.6 Å². The van der Waals surface area contributed by atoms with Crippen LogP contribution in [0.2, 0.25) is 10.0 Å². The molecule has 4 nitrogen and oxygen atoms in total. The lowest BCUT2D eigenvalue weighted by Crippen LogP contribution is -2.62. The third kappa shape index (κ3) is 3.95. The summed E-state index contributed by atoms with van der Waals surface area (Å²) in [5.41, 5.74) is 2.03. The lowest BCUT2D eigenvalue weighted by atomic mass is 9.53. The van der Waals surface area contributed by atoms with Crippen molar-refractivity contribution in [1.82, 2.24) is 15.2 Å². The van der Waals surface area contributed by atoms with Crippen molar-refractivity contribution in [2.24, 2.45) is 17.8 Å². The number of thiazole rings is 1. The van der Waals surface area contributed by atoms with Crippen LogP contribution in [0, 0.1) is 17.8 Å². The first-order chi connectivity index (χ1) is 15.5. The van der Waals surface area contributed by atoms with Crippen LogP contribution in [0.5, 0.6) is 0 Å². The number of aromatic nitrogens is 1. The summed E-state index contributed by atoms with van der Waals surface area (Å²) >= 11 is 13.9. The van der Waals surface area contributed by atoms with Gasteiger partial charge in [0, 0.05) is 35.5 Å². The maximum atomic E-state index is 13.2. The smallest absolute Gasteiger partial charge is 0.317 e. The summed E-state index contributed by atoms with van der Waals surface area (Å²) in [7, 11) is 0. The van der Waals surface area contributed by atoms with Crippen LogP contribution >= 0.6 is 34.5 Å². The molecule has 0 unspecified atom stereocenters. The quantitative estimate of drug-likeness (QED) is 0.505. The summed E-state index contributed by atoms with van der Waals surface area (Å²) in [6.45, 7) is 1.62. The number of carbonyl (C=O) groups excluding carboxylic acids is 1. The van der Waals surface area contributed by atoms with Gasteiger partial charge >= 0.3 is 6.03 Å². The lowest BCUT2D eigenvalue weighted by molar-refractivity contribution is -0.0160. The summed E-state index contributed by atoms with van der Waals surface area (Å²) in [6, 6.07) is 5.82. The third-order valence-electron chi connectivity index (χ3n) is 8.28. The third-order valence-corrected chi connectivity index (χ3v) is 10.0. The number of carbonyl (C=O) groups is 1. The number of hydrogen-bond donors (Lipinski definition) is 1. The molecular weight excluding hydrogens is 461 g/mol. The molecule has 1 aromatic heterocycles. The Morgan fingerprint density at radius 3 is 2.31 bits per heavy atom. The molecule has 0 atom stereocenters. The molecule has 4 saturated carbocycles. The van der Waals surface area contributed by atoms with Gasteiger partial charge in [0.05, 0.1) is 20.7 Å². The minimum atomic E-state index is 0.0900. The first kappa shape index (κ1) is 21.2. The molecule has 1 aliphatic heterocycles. The molecule has 7 rings (SSSR count). The minimum absolute atomic E-state index is 0.0900. The highest BCUT2D eigenvalue weighted by molar-refractivity contribution is 7.10. The van der Waals surface area contributed by atoms with Gasteiger partial charge in [0.1, 0.15) is 0 Å². The number of benzene rings is 1. The van der Waals surface area contributed by atoms with Crippen LogP contribution in [0.15, 0.2) is 23.6 Å². The van der Waals surface area contributed by atoms with Crippen LogP contribution < -0.4 is 5.32 Å². The first-order valence-electron chi connectivity index (χ1n) is 11.9. The Morgan fingerprint density at radius 2 is 1.69 bits per heavy atom. The Labute approximate surface area is 203 Å². The van der Waals surface area contributed by atoms with E-state index in [1.807, 2.05) is 23.1 Å². The average molecular weight is 491 g/mol. The zero-order valence-corrected chi connectivity index (χ0v) is 20.5. The van der Waals surface area contributed by atoms with E-state index in [0.29, 0.717) is 16.0 Å². The van der Waals surface area contributed by atoms with E-state index in [1.54, 1.807) is 11.3 Å². The zero-order valence-electron chi connectivity index (χ0n) is 18.2. The van der Waals surface area contributed by atoms with Crippen LogP contribution in [-0.4, -0.2) is 34.5 Å². The fraction of sp³-hybridized carbons (Fsp3) is 0.600. The summed E-state index contributed by atoms with van der Waals surface area (Å²) in [4.78, 5) is 20.1. The number of rotatable bonds is 3. The predicted octanol–water partition coefficient (Wildman–Crippen LogP) is 6.97. The molecule has 170 valence electrons. The summed E-state index contributed by atoms with van der Waals surface area (Å²) in [5.74, 6) is 2.96. The summed E-state index contributed by atoms with van der Waals surface area (Å²) in [5, 5.41) is 7.91. The van der Waals surface area contributed by atoms with Crippen molar-refractivity contribution in [1.29, 1.82) is 0 Å². The molecule has 4 aliphatic carbocycles. The van der Waals surface area contributed by atoms with E-state index in [1.165, 1.54) is 38.5 Å². The van der Waals surface area contributed by atoms with Gasteiger partial charge in [0.25, 0.3) is 0 Å². The van der Waals surface area contributed by atoms with E-state index in [9.17, 15) is 4.79 Å². The van der Waals surface area contributed by atoms with Gasteiger partial charge in [0.2, 0.25) is 0 Å². The van der Waals surface area contributed by atoms with Gasteiger partial charge in [-0.2, -0.15) is 0 Å². The van der Waals surface area contributed by atoms with Gasteiger partial charge in [-0.25, -0.2) is 9.78 Å². The Morgan fingerprint density at radius 1 is 1.03 bits per heavy atom. The SMILES string of the molecule is O=C(NC12CC3CC(CC(C3)C1)C2)N1CCC(c2nc(-c3ccc(Cl)c(Cl)c3)cs2)CC1. The number of piperidine rings is 1. The van der Waals surface area contributed by atoms with Gasteiger partial charge in [-0.05, 0) is 81.3 Å². The van der Waals surface area contributed by atoms with Crippen molar-refractivity contribution in [3.05, 3.63) is 38.6 Å². The van der Waals surface area contributed by atoms with Gasteiger partial charge in [0.15, 0.2) is 0 Å². The molecule has 5 fully saturated rings. The molecule has 2 amide bonds. The highest BCUT2D eigenvalue weighted by Gasteiger charge is 2.51. The maximum absolute atomic E-state index is 13.2. The second kappa shape index (κ2) is 8.18. The van der Waals surface area contributed by atoms with Crippen LogP contribution in [0.1, 0.15) is 62.3 Å². The van der Waals surface area contributed by atoms with Crippen molar-refractivity contribution in [2.45, 2.75) is 62.8 Å². The van der Waals surface area contributed by atoms with Crippen LogP contribution in [0.4, 0.5) is 4.79 Å². The van der Waals surface area contributed by atoms with E-state index < -0.39 is 0 Å². The van der Waals surface area contributed by atoms with Crippen LogP contribution in [-0.2, 0) is 0 Å². The molecule has 1 N–H and O–H groups in total. The Kier molecular flexibility index (Phi) is 5.43. The standard InChI is InChI=1S/C25H29Cl2N3OS/c26-20-2-1-19(10-21(20)27)22-14-32-23(28-22)18-3-5-30(6-4-18)24(31)29-25-11-15-7-16(12-25)9-17(8-15)13-25/h1-2,10,14-18H,3-9,11-13H2,(H,29,31). The second-order valence-corrected chi connectivity index (χ2v) is 12.3. The molecule has 1 aromatic carbocycles. The van der Waals surface area contributed by atoms with E-state index in [4.69, 9.17) is 28.2 Å². The molecule has 2 aromatic rings. The van der Waals surface area contributed by atoms with E-state index in [2.05, 4.69) is 10.7 Å².